The summed E-state index contributed by atoms with van der Waals surface area (Å²) in [5.41, 5.74) is 5.25. The topological polar surface area (TPSA) is 26.0 Å². The summed E-state index contributed by atoms with van der Waals surface area (Å²) in [6, 6.07) is 0. The van der Waals surface area contributed by atoms with Gasteiger partial charge < -0.3 is 0 Å². The van der Waals surface area contributed by atoms with Crippen LogP contribution in [0.3, 0.4) is 0 Å². The predicted molar refractivity (Wildman–Crippen MR) is 31.5 cm³/mol. The average Bonchev–Trinajstić information content (AvgIpc) is 1.61. The second-order valence-electron chi connectivity index (χ2n) is 1.14. The molecule has 0 aromatic heterocycles. The summed E-state index contributed by atoms with van der Waals surface area (Å²) in [5.74, 6) is 0. The minimum absolute atomic E-state index is 0.396. The van der Waals surface area contributed by atoms with E-state index in [1.807, 2.05) is 0 Å². The second kappa shape index (κ2) is 5.52. The fourth-order valence-electron chi connectivity index (χ4n) is 0.279. The summed E-state index contributed by atoms with van der Waals surface area (Å²) in [5, 5.41) is 2.72. The number of hydrogen-bond acceptors (Lipinski definition) is 1. The Morgan fingerprint density at radius 1 is 1.67 bits per heavy atom. The van der Waals surface area contributed by atoms with Crippen LogP contribution in [-0.4, -0.2) is 22.3 Å². The SMILES string of the molecule is CC[AsH]CCN. The minimum atomic E-state index is 0.396. The summed E-state index contributed by atoms with van der Waals surface area (Å²) in [4.78, 5) is 0. The Hall–Kier alpha value is 0.518. The van der Waals surface area contributed by atoms with E-state index < -0.39 is 0 Å². The van der Waals surface area contributed by atoms with Gasteiger partial charge in [0.2, 0.25) is 0 Å². The number of hydrogen-bond donors (Lipinski definition) is 1. The van der Waals surface area contributed by atoms with Crippen molar-refractivity contribution in [3.05, 3.63) is 0 Å². The van der Waals surface area contributed by atoms with E-state index in [4.69, 9.17) is 5.73 Å². The molecular formula is C4H12AsN. The van der Waals surface area contributed by atoms with Gasteiger partial charge in [-0.1, -0.05) is 0 Å². The summed E-state index contributed by atoms with van der Waals surface area (Å²) in [7, 11) is 0. The molecule has 0 saturated heterocycles. The van der Waals surface area contributed by atoms with Gasteiger partial charge in [-0.05, 0) is 0 Å². The van der Waals surface area contributed by atoms with Gasteiger partial charge in [0, 0.05) is 0 Å². The van der Waals surface area contributed by atoms with Gasteiger partial charge in [-0.2, -0.15) is 0 Å². The molecule has 1 nitrogen and oxygen atoms in total. The summed E-state index contributed by atoms with van der Waals surface area (Å²) in [6.07, 6.45) is 0. The molecule has 38 valence electrons. The predicted octanol–water partition coefficient (Wildman–Crippen LogP) is 0.238. The van der Waals surface area contributed by atoms with Crippen LogP contribution in [0.2, 0.25) is 10.4 Å². The Balaban J connectivity index is 2.34. The van der Waals surface area contributed by atoms with Gasteiger partial charge in [0.15, 0.2) is 0 Å². The van der Waals surface area contributed by atoms with Crippen LogP contribution in [0.5, 0.6) is 0 Å². The molecule has 2 heteroatoms. The normalized spacial score (nSPS) is 11.0. The molecule has 0 aromatic rings. The molecule has 0 rings (SSSR count). The molecule has 0 bridgehead atoms. The van der Waals surface area contributed by atoms with Gasteiger partial charge in [-0.3, -0.25) is 0 Å². The molecular weight excluding hydrogens is 137 g/mol. The van der Waals surface area contributed by atoms with Crippen molar-refractivity contribution in [1.82, 2.24) is 0 Å². The zero-order valence-corrected chi connectivity index (χ0v) is 6.30. The van der Waals surface area contributed by atoms with E-state index in [0.717, 1.165) is 6.54 Å². The first-order chi connectivity index (χ1) is 2.91. The Bertz CT molecular complexity index is 19.5. The standard InChI is InChI=1S/C4H12AsN/c1-2-5-3-4-6/h5H,2-4,6H2,1H3. The monoisotopic (exact) mass is 149 g/mol. The van der Waals surface area contributed by atoms with E-state index in [1.165, 1.54) is 10.4 Å². The van der Waals surface area contributed by atoms with Crippen molar-refractivity contribution in [2.45, 2.75) is 17.3 Å². The third-order valence-electron chi connectivity index (χ3n) is 0.571. The Morgan fingerprint density at radius 3 is 2.50 bits per heavy atom. The third-order valence-corrected chi connectivity index (χ3v) is 2.97. The molecule has 2 N–H and O–H groups in total. The summed E-state index contributed by atoms with van der Waals surface area (Å²) in [6.45, 7) is 3.14. The zero-order valence-electron chi connectivity index (χ0n) is 4.20. The van der Waals surface area contributed by atoms with E-state index in [9.17, 15) is 0 Å². The van der Waals surface area contributed by atoms with Gasteiger partial charge in [0.25, 0.3) is 0 Å². The molecule has 0 aliphatic carbocycles. The van der Waals surface area contributed by atoms with Crippen LogP contribution in [0.15, 0.2) is 0 Å². The average molecular weight is 149 g/mol. The molecule has 1 atom stereocenters. The second-order valence-corrected chi connectivity index (χ2v) is 4.72. The Kier molecular flexibility index (Phi) is 6.00. The van der Waals surface area contributed by atoms with Crippen molar-refractivity contribution in [2.75, 3.05) is 6.54 Å². The Morgan fingerprint density at radius 2 is 2.33 bits per heavy atom. The molecule has 0 aromatic carbocycles. The molecule has 0 saturated carbocycles. The van der Waals surface area contributed by atoms with E-state index in [0.29, 0.717) is 15.8 Å². The summed E-state index contributed by atoms with van der Waals surface area (Å²) < 4.78 is 0. The first kappa shape index (κ1) is 6.52. The van der Waals surface area contributed by atoms with Crippen LogP contribution in [0.25, 0.3) is 0 Å². The molecule has 0 fully saturated rings. The van der Waals surface area contributed by atoms with Crippen molar-refractivity contribution >= 4 is 15.8 Å². The molecule has 0 amide bonds. The summed E-state index contributed by atoms with van der Waals surface area (Å²) >= 11 is 0.396. The van der Waals surface area contributed by atoms with E-state index in [-0.39, 0.29) is 0 Å². The fraction of sp³-hybridized carbons (Fsp3) is 1.00. The van der Waals surface area contributed by atoms with Crippen molar-refractivity contribution < 1.29 is 0 Å². The molecule has 0 spiro atoms. The Labute approximate surface area is 46.0 Å². The molecule has 6 heavy (non-hydrogen) atoms. The van der Waals surface area contributed by atoms with Gasteiger partial charge in [0.1, 0.15) is 0 Å². The maximum atomic E-state index is 5.25. The molecule has 0 heterocycles. The van der Waals surface area contributed by atoms with E-state index >= 15 is 0 Å². The first-order valence-electron chi connectivity index (χ1n) is 2.32. The zero-order chi connectivity index (χ0) is 4.83. The van der Waals surface area contributed by atoms with Crippen LogP contribution >= 0.6 is 0 Å². The van der Waals surface area contributed by atoms with Gasteiger partial charge in [0.05, 0.1) is 0 Å². The molecule has 0 aliphatic rings. The van der Waals surface area contributed by atoms with Crippen molar-refractivity contribution in [2.24, 2.45) is 5.73 Å². The number of nitrogens with two attached hydrogens (primary N) is 1. The van der Waals surface area contributed by atoms with Crippen LogP contribution in [0.1, 0.15) is 6.92 Å². The first-order valence-corrected chi connectivity index (χ1v) is 5.29. The van der Waals surface area contributed by atoms with E-state index in [2.05, 4.69) is 6.92 Å². The number of rotatable bonds is 3. The van der Waals surface area contributed by atoms with Gasteiger partial charge >= 0.3 is 45.4 Å². The van der Waals surface area contributed by atoms with Crippen LogP contribution in [0.4, 0.5) is 0 Å². The van der Waals surface area contributed by atoms with Gasteiger partial charge in [-0.15, -0.1) is 0 Å². The maximum absolute atomic E-state index is 5.25. The van der Waals surface area contributed by atoms with Crippen molar-refractivity contribution in [3.8, 4) is 0 Å². The van der Waals surface area contributed by atoms with Crippen LogP contribution in [0, 0.1) is 0 Å². The van der Waals surface area contributed by atoms with Gasteiger partial charge in [-0.25, -0.2) is 0 Å². The van der Waals surface area contributed by atoms with E-state index in [1.54, 1.807) is 0 Å². The van der Waals surface area contributed by atoms with Crippen LogP contribution in [-0.2, 0) is 0 Å². The molecule has 0 radical (unpaired) electrons. The quantitative estimate of drug-likeness (QED) is 0.451. The molecule has 0 aliphatic heterocycles. The van der Waals surface area contributed by atoms with Crippen LogP contribution < -0.4 is 5.73 Å². The molecule has 1 unspecified atom stereocenters. The van der Waals surface area contributed by atoms with Crippen molar-refractivity contribution in [1.29, 1.82) is 0 Å². The van der Waals surface area contributed by atoms with Crippen molar-refractivity contribution in [3.63, 3.8) is 0 Å². The third kappa shape index (κ3) is 4.52. The fourth-order valence-corrected chi connectivity index (χ4v) is 1.45.